The summed E-state index contributed by atoms with van der Waals surface area (Å²) in [7, 11) is 0. The van der Waals surface area contributed by atoms with E-state index in [-0.39, 0.29) is 46.3 Å². The van der Waals surface area contributed by atoms with E-state index >= 15 is 0 Å². The van der Waals surface area contributed by atoms with Crippen molar-refractivity contribution in [3.8, 4) is 0 Å². The average Bonchev–Trinajstić information content (AvgIpc) is 0.838. The minimum absolute atomic E-state index is 0. The number of ether oxygens (including phenoxy) is 1. The van der Waals surface area contributed by atoms with Gasteiger partial charge in [0, 0.05) is 36.9 Å². The average molecular weight is 1730 g/mol. The molecule has 104 heavy (non-hydrogen) atoms. The van der Waals surface area contributed by atoms with Gasteiger partial charge in [0.2, 0.25) is 0 Å². The quantitative estimate of drug-likeness (QED) is 0.0272. The molecule has 0 aliphatic rings. The first-order chi connectivity index (χ1) is 48.1. The Morgan fingerprint density at radius 3 is 1.24 bits per heavy atom. The van der Waals surface area contributed by atoms with Crippen LogP contribution in [0.1, 0.15) is 152 Å². The number of unbranched alkanes of at least 4 members (excludes halogenated alkanes) is 3. The molecule has 6 aromatic carbocycles. The van der Waals surface area contributed by atoms with Crippen LogP contribution in [0.25, 0.3) is 0 Å². The molecule has 5 heterocycles. The number of nitrogen functional groups attached to an aromatic ring is 3. The zero-order valence-electron chi connectivity index (χ0n) is 58.1. The topological polar surface area (TPSA) is 212 Å². The van der Waals surface area contributed by atoms with Crippen molar-refractivity contribution in [1.29, 1.82) is 0 Å². The number of nitrogens with zero attached hydrogens (tertiary/aromatic N) is 4. The molecule has 17 heteroatoms. The van der Waals surface area contributed by atoms with Crippen LogP contribution >= 0.6 is 59.4 Å². The molecule has 12 nitrogen and oxygen atoms in total. The van der Waals surface area contributed by atoms with E-state index in [9.17, 15) is 9.59 Å². The second-order valence-corrected chi connectivity index (χ2v) is 39.6. The zero-order valence-corrected chi connectivity index (χ0v) is 66.5. The van der Waals surface area contributed by atoms with E-state index in [1.165, 1.54) is 89.0 Å². The number of nitrogens with two attached hydrogens (primary N) is 3. The molecule has 0 spiro atoms. The fourth-order valence-corrected chi connectivity index (χ4v) is 26.5. The summed E-state index contributed by atoms with van der Waals surface area (Å²) >= 11 is 13.3. The van der Waals surface area contributed by atoms with Gasteiger partial charge in [-0.15, -0.1) is 11.6 Å². The molecule has 9 N–H and O–H groups in total. The van der Waals surface area contributed by atoms with Crippen molar-refractivity contribution in [3.05, 3.63) is 362 Å². The summed E-state index contributed by atoms with van der Waals surface area (Å²) in [6, 6.07) is 76.1. The summed E-state index contributed by atoms with van der Waals surface area (Å²) < 4.78 is 15.4. The molecule has 0 saturated carbocycles. The van der Waals surface area contributed by atoms with E-state index in [0.717, 1.165) is 59.0 Å². The maximum atomic E-state index is 12.3. The van der Waals surface area contributed by atoms with Gasteiger partial charge >= 0.3 is 120 Å². The molecule has 0 atom stereocenters. The van der Waals surface area contributed by atoms with Crippen molar-refractivity contribution >= 4 is 95.2 Å². The van der Waals surface area contributed by atoms with Gasteiger partial charge in [-0.2, -0.15) is 0 Å². The van der Waals surface area contributed by atoms with Gasteiger partial charge in [0.25, 0.3) is 11.1 Å². The van der Waals surface area contributed by atoms with E-state index < -0.39 is 18.4 Å². The van der Waals surface area contributed by atoms with Crippen LogP contribution < -0.4 is 28.3 Å². The Morgan fingerprint density at radius 2 is 0.865 bits per heavy atom. The van der Waals surface area contributed by atoms with Crippen molar-refractivity contribution in [3.63, 3.8) is 0 Å². The monoisotopic (exact) mass is 1730 g/mol. The number of H-pyrrole nitrogens is 1. The van der Waals surface area contributed by atoms with Gasteiger partial charge in [-0.1, -0.05) is 224 Å². The third-order valence-electron chi connectivity index (χ3n) is 15.6. The summed E-state index contributed by atoms with van der Waals surface area (Å²) in [4.78, 5) is 38.0. The van der Waals surface area contributed by atoms with E-state index in [4.69, 9.17) is 33.5 Å². The number of halogens is 4. The van der Waals surface area contributed by atoms with Crippen molar-refractivity contribution in [2.75, 3.05) is 23.8 Å². The molecule has 0 radical (unpaired) electrons. The molecule has 5 aromatic heterocycles. The molecule has 0 aliphatic heterocycles. The Bertz CT molecular complexity index is 4080. The maximum absolute atomic E-state index is 12.3. The molecular weight excluding hydrogens is 1610 g/mol. The second-order valence-electron chi connectivity index (χ2n) is 23.6. The smallest absolute Gasteiger partial charge is 0.265 e. The predicted molar refractivity (Wildman–Crippen MR) is 462 cm³/mol. The number of aromatic amines is 1. The second kappa shape index (κ2) is 56.5. The van der Waals surface area contributed by atoms with Gasteiger partial charge < -0.3 is 32.2 Å². The first-order valence-electron chi connectivity index (χ1n) is 33.7. The fourth-order valence-electron chi connectivity index (χ4n) is 10.3. The number of nitrogens with one attached hydrogen (secondary N) is 1. The van der Waals surface area contributed by atoms with Crippen LogP contribution in [-0.4, -0.2) is 55.0 Å². The third-order valence-corrected chi connectivity index (χ3v) is 32.7. The summed E-state index contributed by atoms with van der Waals surface area (Å²) in [6.45, 7) is 14.8. The molecule has 0 aliphatic carbocycles. The molecule has 11 aromatic rings. The van der Waals surface area contributed by atoms with E-state index in [1.807, 2.05) is 195 Å². The van der Waals surface area contributed by atoms with Gasteiger partial charge in [-0.05, 0) is 166 Å². The summed E-state index contributed by atoms with van der Waals surface area (Å²) in [6.07, 6.45) is 20.5. The maximum Gasteiger partial charge on any atom is 0.265 e. The normalized spacial score (nSPS) is 9.81. The zero-order chi connectivity index (χ0) is 71.3. The summed E-state index contributed by atoms with van der Waals surface area (Å²) in [5, 5.41) is 0. The first kappa shape index (κ1) is 96.1. The van der Waals surface area contributed by atoms with Crippen LogP contribution in [0.15, 0.2) is 295 Å². The SMILES string of the molecule is C.C.C.C.C=[C](OCC)[Sn]([CH2]CCC)([CH2]CCC)[CH2]CCC.ClCc1ccccc1.Nc1ccc(Cc2ccccc2)cn1.Nc1ccccn1.Nc1ncc(Cc2ccccc2)cc1Br.O.O=c1[nH]cc(Cc2ccccc2)cc1Br.O=c1c(Br)cc(Cc2ccccc2)cn1Cc1ccccc1. The number of alkyl halides is 1. The molecular formula is C87H114Br3ClN8O4Sn. The third kappa shape index (κ3) is 38.2. The van der Waals surface area contributed by atoms with Gasteiger partial charge in [0.15, 0.2) is 0 Å². The standard InChI is InChI=1S/C19H16BrNO.C12H11BrN2.C12H10BrNO.C12H12N2.C7H7Cl.C5H6N2.C4H7O.3C4H9.4CH4.H2O.Sn/c20-18-12-17(11-15-7-3-1-4-8-15)14-21(19(18)22)13-16-9-5-2-6-10-16;13-11-7-10(8-15-12(11)14)6-9-4-2-1-3-5-9;13-11-7-10(8-14-12(11)15)6-9-4-2-1-3-5-9;13-12-7-6-11(9-14-12)8-10-4-2-1-3-5-10;8-6-7-4-2-1-3-5-7;6-5-3-1-2-4-7-5;1-3-5-4-2;3*1-3-4-2;;;;;;/h1-10,12,14H,11,13H2;1-5,7-8H,6H2,(H2,14,15);1-5,7-8H,6H2,(H,14,15);1-7,9H,8H2,(H2,13,14);1-5H,6H2;1-4H,(H2,6,7);1,4H2,2H3;3*1,3-4H2,2H3;4*1H4;1H2;. The minimum Gasteiger partial charge on any atom is -0.412 e. The number of aromatic nitrogens is 5. The van der Waals surface area contributed by atoms with Gasteiger partial charge in [0.1, 0.15) is 17.5 Å². The number of hydrogen-bond donors (Lipinski definition) is 4. The van der Waals surface area contributed by atoms with E-state index in [2.05, 4.69) is 151 Å². The van der Waals surface area contributed by atoms with Crippen LogP contribution in [0.4, 0.5) is 17.5 Å². The molecule has 0 saturated heterocycles. The minimum atomic E-state index is -2.24. The largest absolute Gasteiger partial charge is 0.412 e. The number of anilines is 3. The number of pyridine rings is 5. The first-order valence-corrected chi connectivity index (χ1v) is 44.1. The Kier molecular flexibility index (Phi) is 52.2. The van der Waals surface area contributed by atoms with Crippen LogP contribution in [0.2, 0.25) is 13.3 Å². The van der Waals surface area contributed by atoms with Crippen molar-refractivity contribution in [2.24, 2.45) is 0 Å². The Morgan fingerprint density at radius 1 is 0.471 bits per heavy atom. The summed E-state index contributed by atoms with van der Waals surface area (Å²) in [5.41, 5.74) is 28.2. The number of rotatable bonds is 23. The molecule has 11 rings (SSSR count). The number of hydrogen-bond acceptors (Lipinski definition) is 9. The van der Waals surface area contributed by atoms with Crippen molar-refractivity contribution in [2.45, 2.75) is 147 Å². The molecule has 558 valence electrons. The van der Waals surface area contributed by atoms with Gasteiger partial charge in [-0.25, -0.2) is 15.0 Å². The number of benzene rings is 6. The fraction of sp³-hybridized carbons (Fsp3) is 0.276. The van der Waals surface area contributed by atoms with Gasteiger partial charge in [0.05, 0.1) is 20.0 Å². The van der Waals surface area contributed by atoms with Crippen LogP contribution in [0.3, 0.4) is 0 Å². The Hall–Kier alpha value is -7.90. The van der Waals surface area contributed by atoms with Crippen LogP contribution in [0.5, 0.6) is 0 Å². The van der Waals surface area contributed by atoms with Crippen molar-refractivity contribution < 1.29 is 10.2 Å². The van der Waals surface area contributed by atoms with Crippen LogP contribution in [-0.2, 0) is 42.8 Å². The van der Waals surface area contributed by atoms with Crippen molar-refractivity contribution in [1.82, 2.24) is 24.5 Å². The van der Waals surface area contributed by atoms with E-state index in [1.54, 1.807) is 23.0 Å². The Balaban J connectivity index is 0.00000121. The van der Waals surface area contributed by atoms with Crippen LogP contribution in [0, 0.1) is 0 Å². The van der Waals surface area contributed by atoms with Gasteiger partial charge in [-0.3, -0.25) is 9.59 Å². The van der Waals surface area contributed by atoms with E-state index in [0.29, 0.717) is 38.8 Å². The Labute approximate surface area is 657 Å². The molecule has 0 bridgehead atoms. The predicted octanol–water partition coefficient (Wildman–Crippen LogP) is 23.0. The molecule has 0 fully saturated rings. The molecule has 0 amide bonds. The summed E-state index contributed by atoms with van der Waals surface area (Å²) in [5.74, 6) is 2.29. The molecule has 0 unspecified atom stereocenters.